The van der Waals surface area contributed by atoms with Gasteiger partial charge in [0.25, 0.3) is 0 Å². The van der Waals surface area contributed by atoms with Gasteiger partial charge in [-0.3, -0.25) is 0 Å². The van der Waals surface area contributed by atoms with Crippen molar-refractivity contribution in [1.29, 1.82) is 0 Å². The summed E-state index contributed by atoms with van der Waals surface area (Å²) in [6.45, 7) is 5.42. The summed E-state index contributed by atoms with van der Waals surface area (Å²) in [6, 6.07) is 13.7. The average Bonchev–Trinajstić information content (AvgIpc) is 2.99. The maximum atomic E-state index is 5.59. The van der Waals surface area contributed by atoms with Crippen LogP contribution in [-0.4, -0.2) is 29.5 Å². The number of imidazole rings is 1. The number of methoxy groups -OCH3 is 1. The minimum atomic E-state index is 0.579. The van der Waals surface area contributed by atoms with Gasteiger partial charge in [-0.05, 0) is 49.7 Å². The van der Waals surface area contributed by atoms with Crippen LogP contribution in [0.25, 0.3) is 11.0 Å². The second kappa shape index (κ2) is 7.70. The molecule has 3 rings (SSSR count). The molecule has 3 aromatic rings. The molecular formula is C19H22N4O2. The van der Waals surface area contributed by atoms with E-state index in [-0.39, 0.29) is 0 Å². The zero-order valence-corrected chi connectivity index (χ0v) is 14.7. The SMILES string of the molecule is CCOc1cc(/C=N\Nc2nc3ccccc3n2CC)ccc1OC. The minimum absolute atomic E-state index is 0.579. The quantitative estimate of drug-likeness (QED) is 0.524. The number of nitrogens with zero attached hydrogens (tertiary/aromatic N) is 3. The van der Waals surface area contributed by atoms with Crippen LogP contribution in [0.5, 0.6) is 11.5 Å². The number of hydrazone groups is 1. The summed E-state index contributed by atoms with van der Waals surface area (Å²) in [7, 11) is 1.63. The minimum Gasteiger partial charge on any atom is -0.493 e. The fourth-order valence-corrected chi connectivity index (χ4v) is 2.69. The number of aromatic nitrogens is 2. The van der Waals surface area contributed by atoms with Gasteiger partial charge in [-0.2, -0.15) is 5.10 Å². The van der Waals surface area contributed by atoms with Gasteiger partial charge in [0.2, 0.25) is 5.95 Å². The number of benzene rings is 2. The highest BCUT2D eigenvalue weighted by Gasteiger charge is 2.08. The Bertz CT molecular complexity index is 886. The first-order valence-electron chi connectivity index (χ1n) is 8.32. The molecule has 1 aromatic heterocycles. The van der Waals surface area contributed by atoms with Crippen LogP contribution in [0.15, 0.2) is 47.6 Å². The molecule has 0 aliphatic rings. The summed E-state index contributed by atoms with van der Waals surface area (Å²) in [5.41, 5.74) is 5.98. The molecule has 25 heavy (non-hydrogen) atoms. The fourth-order valence-electron chi connectivity index (χ4n) is 2.69. The summed E-state index contributed by atoms with van der Waals surface area (Å²) in [6.07, 6.45) is 1.74. The van der Waals surface area contributed by atoms with E-state index in [2.05, 4.69) is 33.1 Å². The Morgan fingerprint density at radius 3 is 2.76 bits per heavy atom. The Morgan fingerprint density at radius 1 is 1.16 bits per heavy atom. The number of hydrogen-bond acceptors (Lipinski definition) is 5. The molecule has 1 heterocycles. The van der Waals surface area contributed by atoms with Crippen molar-refractivity contribution in [3.8, 4) is 11.5 Å². The van der Waals surface area contributed by atoms with E-state index in [9.17, 15) is 0 Å². The molecule has 6 heteroatoms. The van der Waals surface area contributed by atoms with E-state index in [1.54, 1.807) is 13.3 Å². The molecule has 0 amide bonds. The van der Waals surface area contributed by atoms with Crippen LogP contribution in [0.2, 0.25) is 0 Å². The third-order valence-corrected chi connectivity index (χ3v) is 3.84. The van der Waals surface area contributed by atoms with Crippen molar-refractivity contribution in [2.24, 2.45) is 5.10 Å². The Hall–Kier alpha value is -3.02. The molecule has 0 aliphatic carbocycles. The molecule has 0 atom stereocenters. The number of rotatable bonds is 7. The van der Waals surface area contributed by atoms with Crippen LogP contribution in [-0.2, 0) is 6.54 Å². The summed E-state index contributed by atoms with van der Waals surface area (Å²) in [4.78, 5) is 4.58. The van der Waals surface area contributed by atoms with Crippen LogP contribution in [0.4, 0.5) is 5.95 Å². The first-order valence-corrected chi connectivity index (χ1v) is 8.32. The third kappa shape index (κ3) is 3.57. The molecule has 0 aliphatic heterocycles. The van der Waals surface area contributed by atoms with E-state index in [1.807, 2.05) is 43.3 Å². The number of fused-ring (bicyclic) bond motifs is 1. The van der Waals surface area contributed by atoms with Crippen molar-refractivity contribution in [1.82, 2.24) is 9.55 Å². The molecule has 0 spiro atoms. The topological polar surface area (TPSA) is 60.7 Å². The van der Waals surface area contributed by atoms with Crippen molar-refractivity contribution in [2.75, 3.05) is 19.1 Å². The second-order valence-electron chi connectivity index (χ2n) is 5.38. The van der Waals surface area contributed by atoms with E-state index in [0.29, 0.717) is 18.1 Å². The number of anilines is 1. The highest BCUT2D eigenvalue weighted by molar-refractivity contribution is 5.82. The van der Waals surface area contributed by atoms with Crippen molar-refractivity contribution in [2.45, 2.75) is 20.4 Å². The monoisotopic (exact) mass is 338 g/mol. The van der Waals surface area contributed by atoms with E-state index in [0.717, 1.165) is 29.1 Å². The summed E-state index contributed by atoms with van der Waals surface area (Å²) >= 11 is 0. The van der Waals surface area contributed by atoms with Gasteiger partial charge in [-0.15, -0.1) is 0 Å². The maximum Gasteiger partial charge on any atom is 0.224 e. The standard InChI is InChI=1S/C19H22N4O2/c1-4-23-16-9-7-6-8-15(16)21-19(23)22-20-13-14-10-11-17(24-3)18(12-14)25-5-2/h6-13H,4-5H2,1-3H3,(H,21,22)/b20-13-. The highest BCUT2D eigenvalue weighted by Crippen LogP contribution is 2.27. The predicted octanol–water partition coefficient (Wildman–Crippen LogP) is 3.91. The number of aryl methyl sites for hydroxylation is 1. The van der Waals surface area contributed by atoms with Gasteiger partial charge < -0.3 is 14.0 Å². The van der Waals surface area contributed by atoms with Gasteiger partial charge in [0, 0.05) is 6.54 Å². The molecule has 0 fully saturated rings. The van der Waals surface area contributed by atoms with Crippen molar-refractivity contribution in [3.05, 3.63) is 48.0 Å². The van der Waals surface area contributed by atoms with Gasteiger partial charge in [0.15, 0.2) is 11.5 Å². The summed E-state index contributed by atoms with van der Waals surface area (Å²) in [5, 5.41) is 4.32. The summed E-state index contributed by atoms with van der Waals surface area (Å²) in [5.74, 6) is 2.13. The Balaban J connectivity index is 1.80. The van der Waals surface area contributed by atoms with Gasteiger partial charge in [-0.25, -0.2) is 10.4 Å². The lowest BCUT2D eigenvalue weighted by atomic mass is 10.2. The van der Waals surface area contributed by atoms with Crippen LogP contribution in [0, 0.1) is 0 Å². The number of nitrogens with one attached hydrogen (secondary N) is 1. The van der Waals surface area contributed by atoms with Gasteiger partial charge >= 0.3 is 0 Å². The fraction of sp³-hybridized carbons (Fsp3) is 0.263. The molecule has 0 saturated carbocycles. The maximum absolute atomic E-state index is 5.59. The smallest absolute Gasteiger partial charge is 0.224 e. The molecule has 1 N–H and O–H groups in total. The Labute approximate surface area is 147 Å². The number of hydrogen-bond donors (Lipinski definition) is 1. The normalized spacial score (nSPS) is 11.2. The first kappa shape index (κ1) is 16.8. The molecule has 0 radical (unpaired) electrons. The molecule has 130 valence electrons. The highest BCUT2D eigenvalue weighted by atomic mass is 16.5. The molecule has 0 unspecified atom stereocenters. The zero-order valence-electron chi connectivity index (χ0n) is 14.7. The molecule has 6 nitrogen and oxygen atoms in total. The van der Waals surface area contributed by atoms with Gasteiger partial charge in [0.05, 0.1) is 31.0 Å². The molecule has 0 bridgehead atoms. The molecule has 0 saturated heterocycles. The lowest BCUT2D eigenvalue weighted by Gasteiger charge is -2.09. The zero-order chi connectivity index (χ0) is 17.6. The lowest BCUT2D eigenvalue weighted by molar-refractivity contribution is 0.311. The molecule has 2 aromatic carbocycles. The van der Waals surface area contributed by atoms with Crippen LogP contribution in [0.3, 0.4) is 0 Å². The Kier molecular flexibility index (Phi) is 5.18. The largest absolute Gasteiger partial charge is 0.493 e. The third-order valence-electron chi connectivity index (χ3n) is 3.84. The van der Waals surface area contributed by atoms with E-state index >= 15 is 0 Å². The second-order valence-corrected chi connectivity index (χ2v) is 5.38. The first-order chi connectivity index (χ1) is 12.3. The average molecular weight is 338 g/mol. The van der Waals surface area contributed by atoms with E-state index in [1.165, 1.54) is 0 Å². The van der Waals surface area contributed by atoms with Crippen molar-refractivity contribution >= 4 is 23.2 Å². The number of para-hydroxylation sites is 2. The van der Waals surface area contributed by atoms with Crippen LogP contribution >= 0.6 is 0 Å². The van der Waals surface area contributed by atoms with Crippen LogP contribution in [0.1, 0.15) is 19.4 Å². The predicted molar refractivity (Wildman–Crippen MR) is 101 cm³/mol. The van der Waals surface area contributed by atoms with Gasteiger partial charge in [-0.1, -0.05) is 12.1 Å². The van der Waals surface area contributed by atoms with E-state index in [4.69, 9.17) is 9.47 Å². The molecular weight excluding hydrogens is 316 g/mol. The lowest BCUT2D eigenvalue weighted by Crippen LogP contribution is -2.02. The van der Waals surface area contributed by atoms with E-state index < -0.39 is 0 Å². The summed E-state index contributed by atoms with van der Waals surface area (Å²) < 4.78 is 13.0. The van der Waals surface area contributed by atoms with Crippen molar-refractivity contribution < 1.29 is 9.47 Å². The van der Waals surface area contributed by atoms with Gasteiger partial charge in [0.1, 0.15) is 0 Å². The van der Waals surface area contributed by atoms with Crippen LogP contribution < -0.4 is 14.9 Å². The number of ether oxygens (including phenoxy) is 2. The van der Waals surface area contributed by atoms with Crippen molar-refractivity contribution in [3.63, 3.8) is 0 Å². The Morgan fingerprint density at radius 2 is 2.00 bits per heavy atom.